The second-order valence-electron chi connectivity index (χ2n) is 10.5. The number of fused-ring (bicyclic) bond motifs is 2. The highest BCUT2D eigenvalue weighted by molar-refractivity contribution is 5.81. The summed E-state index contributed by atoms with van der Waals surface area (Å²) in [5.41, 5.74) is 7.01. The average Bonchev–Trinajstić information content (AvgIpc) is 3.77. The van der Waals surface area contributed by atoms with E-state index in [4.69, 9.17) is 15.6 Å². The van der Waals surface area contributed by atoms with Crippen LogP contribution >= 0.6 is 0 Å². The number of rotatable bonds is 7. The number of hydrogen-bond acceptors (Lipinski definition) is 11. The van der Waals surface area contributed by atoms with E-state index in [1.54, 1.807) is 4.57 Å². The fourth-order valence-electron chi connectivity index (χ4n) is 5.59. The van der Waals surface area contributed by atoms with E-state index in [2.05, 4.69) is 24.9 Å². The highest BCUT2D eigenvalue weighted by Gasteiger charge is 2.44. The minimum absolute atomic E-state index is 0.218. The lowest BCUT2D eigenvalue weighted by Crippen LogP contribution is -2.40. The first-order chi connectivity index (χ1) is 19.8. The smallest absolute Gasteiger partial charge is 0.332 e. The Morgan fingerprint density at radius 3 is 2.39 bits per heavy atom. The van der Waals surface area contributed by atoms with Crippen molar-refractivity contribution in [1.82, 2.24) is 38.6 Å². The molecule has 0 aromatic carbocycles. The third-order valence-corrected chi connectivity index (χ3v) is 7.69. The van der Waals surface area contributed by atoms with Crippen LogP contribution in [0.3, 0.4) is 0 Å². The molecule has 0 radical (unpaired) electrons. The molecule has 0 bridgehead atoms. The Labute approximate surface area is 234 Å². The molecule has 0 spiro atoms. The first-order valence-electron chi connectivity index (χ1n) is 14.1. The molecule has 2 aliphatic rings. The second-order valence-corrected chi connectivity index (χ2v) is 10.5. The van der Waals surface area contributed by atoms with Gasteiger partial charge in [-0.2, -0.15) is 0 Å². The number of aliphatic hydroxyl groups is 3. The number of anilines is 1. The van der Waals surface area contributed by atoms with Crippen LogP contribution in [0.1, 0.15) is 70.3 Å². The van der Waals surface area contributed by atoms with Crippen molar-refractivity contribution < 1.29 is 20.1 Å². The molecule has 4 aromatic rings. The molecule has 4 atom stereocenters. The van der Waals surface area contributed by atoms with Crippen molar-refractivity contribution in [3.05, 3.63) is 39.3 Å². The SMILES string of the molecule is CCCn1c(=O)c2[nH]c(C3CCCC3)nc2n(CCC)c1=O.Nc1ncnc2c1ncn2[C@@H]1O[C@H](CO)[C@@H](O)[C@H]1O. The number of imidazole rings is 2. The molecule has 222 valence electrons. The summed E-state index contributed by atoms with van der Waals surface area (Å²) in [4.78, 5) is 44.9. The Hall–Kier alpha value is -3.66. The Kier molecular flexibility index (Phi) is 8.49. The third kappa shape index (κ3) is 5.25. The molecule has 6 N–H and O–H groups in total. The maximum Gasteiger partial charge on any atom is 0.332 e. The first kappa shape index (κ1) is 28.9. The molecule has 1 aliphatic heterocycles. The molecule has 1 aliphatic carbocycles. The number of aryl methyl sites for hydroxylation is 1. The fraction of sp³-hybridized carbons (Fsp3) is 0.615. The van der Waals surface area contributed by atoms with Gasteiger partial charge in [-0.15, -0.1) is 0 Å². The number of hydrogen-bond donors (Lipinski definition) is 5. The zero-order valence-electron chi connectivity index (χ0n) is 23.2. The maximum atomic E-state index is 12.6. The number of aromatic nitrogens is 8. The van der Waals surface area contributed by atoms with Crippen LogP contribution in [0.15, 0.2) is 22.2 Å². The van der Waals surface area contributed by atoms with E-state index in [0.717, 1.165) is 31.5 Å². The topological polar surface area (TPSA) is 212 Å². The van der Waals surface area contributed by atoms with Gasteiger partial charge >= 0.3 is 5.69 Å². The number of aromatic amines is 1. The van der Waals surface area contributed by atoms with Crippen LogP contribution in [0.25, 0.3) is 22.3 Å². The second kappa shape index (κ2) is 12.1. The van der Waals surface area contributed by atoms with Gasteiger partial charge in [0.05, 0.1) is 12.9 Å². The maximum absolute atomic E-state index is 12.6. The van der Waals surface area contributed by atoms with Crippen molar-refractivity contribution >= 4 is 28.1 Å². The largest absolute Gasteiger partial charge is 0.394 e. The first-order valence-corrected chi connectivity index (χ1v) is 14.1. The van der Waals surface area contributed by atoms with E-state index in [1.807, 2.05) is 13.8 Å². The van der Waals surface area contributed by atoms with Crippen molar-refractivity contribution in [3.63, 3.8) is 0 Å². The molecule has 0 amide bonds. The van der Waals surface area contributed by atoms with E-state index in [-0.39, 0.29) is 17.1 Å². The van der Waals surface area contributed by atoms with Crippen LogP contribution in [0, 0.1) is 0 Å². The van der Waals surface area contributed by atoms with Gasteiger partial charge < -0.3 is 30.8 Å². The molecule has 1 saturated heterocycles. The molecule has 5 heterocycles. The zero-order valence-corrected chi connectivity index (χ0v) is 23.2. The van der Waals surface area contributed by atoms with Crippen LogP contribution in [0.4, 0.5) is 5.82 Å². The number of H-pyrrole nitrogens is 1. The van der Waals surface area contributed by atoms with E-state index >= 15 is 0 Å². The van der Waals surface area contributed by atoms with Crippen LogP contribution < -0.4 is 17.0 Å². The summed E-state index contributed by atoms with van der Waals surface area (Å²) in [6.07, 6.45) is 4.82. The van der Waals surface area contributed by atoms with Crippen molar-refractivity contribution in [1.29, 1.82) is 0 Å². The van der Waals surface area contributed by atoms with Crippen molar-refractivity contribution in [2.75, 3.05) is 12.3 Å². The number of nitrogens with one attached hydrogen (secondary N) is 1. The Morgan fingerprint density at radius 1 is 1.02 bits per heavy atom. The number of nitrogens with zero attached hydrogens (tertiary/aromatic N) is 7. The quantitative estimate of drug-likeness (QED) is 0.205. The molecule has 4 aromatic heterocycles. The molecule has 6 rings (SSSR count). The van der Waals surface area contributed by atoms with Gasteiger partial charge in [0.2, 0.25) is 0 Å². The van der Waals surface area contributed by atoms with Crippen molar-refractivity contribution in [2.24, 2.45) is 0 Å². The van der Waals surface area contributed by atoms with Gasteiger partial charge in [-0.3, -0.25) is 18.5 Å². The van der Waals surface area contributed by atoms with Gasteiger partial charge in [0, 0.05) is 19.0 Å². The molecular formula is C26H37N9O6. The highest BCUT2D eigenvalue weighted by atomic mass is 16.6. The molecule has 0 unspecified atom stereocenters. The molecule has 15 nitrogen and oxygen atoms in total. The summed E-state index contributed by atoms with van der Waals surface area (Å²) in [5, 5.41) is 28.7. The Bertz CT molecular complexity index is 1620. The van der Waals surface area contributed by atoms with Gasteiger partial charge in [0.25, 0.3) is 5.56 Å². The third-order valence-electron chi connectivity index (χ3n) is 7.69. The summed E-state index contributed by atoms with van der Waals surface area (Å²) in [5.74, 6) is 1.50. The summed E-state index contributed by atoms with van der Waals surface area (Å²) in [6, 6.07) is 0. The normalized spacial score (nSPS) is 23.0. The van der Waals surface area contributed by atoms with Crippen LogP contribution in [-0.4, -0.2) is 78.9 Å². The average molecular weight is 572 g/mol. The van der Waals surface area contributed by atoms with E-state index in [9.17, 15) is 19.8 Å². The Balaban J connectivity index is 0.000000166. The number of nitrogens with two attached hydrogens (primary N) is 1. The van der Waals surface area contributed by atoms with Crippen LogP contribution in [-0.2, 0) is 17.8 Å². The number of ether oxygens (including phenoxy) is 1. The summed E-state index contributed by atoms with van der Waals surface area (Å²) in [7, 11) is 0. The fourth-order valence-corrected chi connectivity index (χ4v) is 5.59. The summed E-state index contributed by atoms with van der Waals surface area (Å²) >= 11 is 0. The lowest BCUT2D eigenvalue weighted by molar-refractivity contribution is -0.0511. The van der Waals surface area contributed by atoms with Gasteiger partial charge in [0.15, 0.2) is 23.3 Å². The van der Waals surface area contributed by atoms with Gasteiger partial charge in [-0.25, -0.2) is 24.7 Å². The molecule has 15 heteroatoms. The predicted octanol–water partition coefficient (Wildman–Crippen LogP) is 0.384. The van der Waals surface area contributed by atoms with Gasteiger partial charge in [-0.05, 0) is 25.7 Å². The van der Waals surface area contributed by atoms with E-state index in [0.29, 0.717) is 41.3 Å². The molecule has 2 fully saturated rings. The molecular weight excluding hydrogens is 534 g/mol. The van der Waals surface area contributed by atoms with Crippen molar-refractivity contribution in [3.8, 4) is 0 Å². The highest BCUT2D eigenvalue weighted by Crippen LogP contribution is 2.33. The van der Waals surface area contributed by atoms with E-state index in [1.165, 1.54) is 34.6 Å². The monoisotopic (exact) mass is 571 g/mol. The minimum Gasteiger partial charge on any atom is -0.394 e. The summed E-state index contributed by atoms with van der Waals surface area (Å²) in [6.45, 7) is 4.65. The number of nitrogen functional groups attached to an aromatic ring is 1. The minimum atomic E-state index is -1.19. The standard InChI is InChI=1S/C16H24N4O2.C10H13N5O4/c1-3-9-19-14-12(15(21)20(10-4-2)16(19)22)17-13(18-14)11-7-5-6-8-11;11-8-5-9(13-2-12-8)15(3-14-5)10-7(18)6(17)4(1-16)19-10/h11H,3-10H2,1-2H3,(H,17,18);2-4,6-7,10,16-18H,1H2,(H2,11,12,13)/t;4-,6-,7-,10-/m.1/s1. The van der Waals surface area contributed by atoms with E-state index < -0.39 is 31.1 Å². The van der Waals surface area contributed by atoms with Crippen molar-refractivity contribution in [2.45, 2.75) is 95.9 Å². The Morgan fingerprint density at radius 2 is 1.73 bits per heavy atom. The zero-order chi connectivity index (χ0) is 29.3. The summed E-state index contributed by atoms with van der Waals surface area (Å²) < 4.78 is 9.85. The van der Waals surface area contributed by atoms with Crippen LogP contribution in [0.5, 0.6) is 0 Å². The van der Waals surface area contributed by atoms with Crippen LogP contribution in [0.2, 0.25) is 0 Å². The molecule has 41 heavy (non-hydrogen) atoms. The lowest BCUT2D eigenvalue weighted by atomic mass is 10.1. The lowest BCUT2D eigenvalue weighted by Gasteiger charge is -2.16. The number of aliphatic hydroxyl groups excluding tert-OH is 3. The predicted molar refractivity (Wildman–Crippen MR) is 149 cm³/mol. The molecule has 1 saturated carbocycles. The van der Waals surface area contributed by atoms with Gasteiger partial charge in [-0.1, -0.05) is 26.7 Å². The van der Waals surface area contributed by atoms with Gasteiger partial charge in [0.1, 0.15) is 41.5 Å².